The quantitative estimate of drug-likeness (QED) is 0.354. The molecule has 0 saturated heterocycles. The molecule has 2 aromatic carbocycles. The lowest BCUT2D eigenvalue weighted by molar-refractivity contribution is 0.487. The third kappa shape index (κ3) is 2.85. The minimum atomic E-state index is -0.323. The summed E-state index contributed by atoms with van der Waals surface area (Å²) in [5.41, 5.74) is 3.87. The average Bonchev–Trinajstić information content (AvgIpc) is 3.08. The molecule has 1 aliphatic carbocycles. The van der Waals surface area contributed by atoms with E-state index in [1.807, 2.05) is 54.6 Å². The molecular formula is C23H17BrO3. The summed E-state index contributed by atoms with van der Waals surface area (Å²) in [6, 6.07) is 17.6. The third-order valence-corrected chi connectivity index (χ3v) is 5.66. The van der Waals surface area contributed by atoms with Gasteiger partial charge in [0, 0.05) is 33.0 Å². The predicted molar refractivity (Wildman–Crippen MR) is 110 cm³/mol. The summed E-state index contributed by atoms with van der Waals surface area (Å²) in [5.74, 6) is 1.77. The summed E-state index contributed by atoms with van der Waals surface area (Å²) in [6.07, 6.45) is 4.07. The largest absolute Gasteiger partial charge is 0.460 e. The van der Waals surface area contributed by atoms with Crippen molar-refractivity contribution in [3.8, 4) is 22.5 Å². The zero-order chi connectivity index (χ0) is 18.4. The lowest BCUT2D eigenvalue weighted by Gasteiger charge is -2.11. The first-order valence-corrected chi connectivity index (χ1v) is 9.94. The molecule has 0 radical (unpaired) electrons. The average molecular weight is 421 g/mol. The number of furan rings is 1. The first-order chi connectivity index (χ1) is 13.2. The van der Waals surface area contributed by atoms with Crippen LogP contribution in [0.1, 0.15) is 24.2 Å². The monoisotopic (exact) mass is 420 g/mol. The molecule has 0 aliphatic heterocycles. The Morgan fingerprint density at radius 2 is 1.70 bits per heavy atom. The van der Waals surface area contributed by atoms with Crippen molar-refractivity contribution in [1.82, 2.24) is 0 Å². The van der Waals surface area contributed by atoms with Crippen LogP contribution in [0, 0.1) is 0 Å². The minimum absolute atomic E-state index is 0.323. The summed E-state index contributed by atoms with van der Waals surface area (Å²) < 4.78 is 12.9. The molecule has 0 atom stereocenters. The molecule has 5 rings (SSSR count). The van der Waals surface area contributed by atoms with Crippen molar-refractivity contribution in [3.05, 3.63) is 80.8 Å². The van der Waals surface area contributed by atoms with Crippen LogP contribution < -0.4 is 5.63 Å². The van der Waals surface area contributed by atoms with Gasteiger partial charge in [-0.25, -0.2) is 4.79 Å². The fraction of sp³-hybridized carbons (Fsp3) is 0.174. The Hall–Kier alpha value is -2.59. The second-order valence-electron chi connectivity index (χ2n) is 6.91. The number of hydrogen-bond acceptors (Lipinski definition) is 3. The molecule has 1 aliphatic rings. The molecule has 27 heavy (non-hydrogen) atoms. The molecule has 3 nitrogen and oxygen atoms in total. The first kappa shape index (κ1) is 16.6. The smallest absolute Gasteiger partial charge is 0.344 e. The van der Waals surface area contributed by atoms with Gasteiger partial charge in [-0.1, -0.05) is 46.3 Å². The van der Waals surface area contributed by atoms with Crippen molar-refractivity contribution >= 4 is 26.9 Å². The van der Waals surface area contributed by atoms with Crippen molar-refractivity contribution in [2.45, 2.75) is 25.7 Å². The van der Waals surface area contributed by atoms with Crippen LogP contribution in [0.3, 0.4) is 0 Å². The molecule has 0 amide bonds. The van der Waals surface area contributed by atoms with E-state index in [2.05, 4.69) is 15.9 Å². The zero-order valence-electron chi connectivity index (χ0n) is 14.6. The normalized spacial score (nSPS) is 13.7. The van der Waals surface area contributed by atoms with E-state index in [-0.39, 0.29) is 5.63 Å². The van der Waals surface area contributed by atoms with E-state index in [1.54, 1.807) is 0 Å². The van der Waals surface area contributed by atoms with Crippen LogP contribution in [0.25, 0.3) is 33.4 Å². The van der Waals surface area contributed by atoms with E-state index < -0.39 is 0 Å². The maximum Gasteiger partial charge on any atom is 0.344 e. The maximum absolute atomic E-state index is 12.9. The molecule has 4 aromatic rings. The Morgan fingerprint density at radius 3 is 2.56 bits per heavy atom. The minimum Gasteiger partial charge on any atom is -0.460 e. The second kappa shape index (κ2) is 6.54. The standard InChI is InChI=1S/C23H17BrO3/c24-16-10-11-19-15(12-16)13-18(23(25)27-19)21-17-8-4-5-9-20(17)26-22(21)14-6-2-1-3-7-14/h1-3,6-7,10-13H,4-5,8-9H2. The Morgan fingerprint density at radius 1 is 0.889 bits per heavy atom. The molecule has 134 valence electrons. The maximum atomic E-state index is 12.9. The zero-order valence-corrected chi connectivity index (χ0v) is 16.2. The van der Waals surface area contributed by atoms with Gasteiger partial charge in [-0.2, -0.15) is 0 Å². The Labute approximate surface area is 164 Å². The Kier molecular flexibility index (Phi) is 4.01. The highest BCUT2D eigenvalue weighted by Gasteiger charge is 2.26. The number of benzene rings is 2. The van der Waals surface area contributed by atoms with Gasteiger partial charge in [-0.3, -0.25) is 0 Å². The molecule has 4 heteroatoms. The SMILES string of the molecule is O=c1oc2ccc(Br)cc2cc1-c1c(-c2ccccc2)oc2c1CCCC2. The van der Waals surface area contributed by atoms with E-state index in [9.17, 15) is 4.79 Å². The number of aryl methyl sites for hydroxylation is 1. The van der Waals surface area contributed by atoms with Gasteiger partial charge in [0.25, 0.3) is 0 Å². The molecule has 2 heterocycles. The number of rotatable bonds is 2. The molecular weight excluding hydrogens is 404 g/mol. The van der Waals surface area contributed by atoms with E-state index >= 15 is 0 Å². The molecule has 0 bridgehead atoms. The summed E-state index contributed by atoms with van der Waals surface area (Å²) in [5, 5.41) is 0.892. The highest BCUT2D eigenvalue weighted by Crippen LogP contribution is 2.41. The van der Waals surface area contributed by atoms with Crippen molar-refractivity contribution in [1.29, 1.82) is 0 Å². The summed E-state index contributed by atoms with van der Waals surface area (Å²) in [6.45, 7) is 0. The Bertz CT molecular complexity index is 1200. The summed E-state index contributed by atoms with van der Waals surface area (Å²) >= 11 is 3.50. The molecule has 0 spiro atoms. The van der Waals surface area contributed by atoms with Crippen molar-refractivity contribution in [3.63, 3.8) is 0 Å². The van der Waals surface area contributed by atoms with Crippen LogP contribution in [0.5, 0.6) is 0 Å². The van der Waals surface area contributed by atoms with Gasteiger partial charge >= 0.3 is 5.63 Å². The number of halogens is 1. The lowest BCUT2D eigenvalue weighted by atomic mass is 9.90. The molecule has 2 aromatic heterocycles. The Balaban J connectivity index is 1.82. The van der Waals surface area contributed by atoms with Gasteiger partial charge in [-0.15, -0.1) is 0 Å². The van der Waals surface area contributed by atoms with Gasteiger partial charge in [0.1, 0.15) is 17.1 Å². The fourth-order valence-electron chi connectivity index (χ4n) is 3.91. The highest BCUT2D eigenvalue weighted by atomic mass is 79.9. The summed E-state index contributed by atoms with van der Waals surface area (Å²) in [4.78, 5) is 12.9. The van der Waals surface area contributed by atoms with Crippen molar-refractivity contribution in [2.75, 3.05) is 0 Å². The van der Waals surface area contributed by atoms with Crippen molar-refractivity contribution in [2.24, 2.45) is 0 Å². The fourth-order valence-corrected chi connectivity index (χ4v) is 4.29. The van der Waals surface area contributed by atoms with Crippen LogP contribution >= 0.6 is 15.9 Å². The molecule has 0 N–H and O–H groups in total. The lowest BCUT2D eigenvalue weighted by Crippen LogP contribution is -2.06. The number of hydrogen-bond donors (Lipinski definition) is 0. The van der Waals surface area contributed by atoms with Gasteiger partial charge in [0.05, 0.1) is 5.56 Å². The molecule has 0 saturated carbocycles. The van der Waals surface area contributed by atoms with Gasteiger partial charge in [0.15, 0.2) is 0 Å². The van der Waals surface area contributed by atoms with E-state index in [0.29, 0.717) is 11.1 Å². The summed E-state index contributed by atoms with van der Waals surface area (Å²) in [7, 11) is 0. The highest BCUT2D eigenvalue weighted by molar-refractivity contribution is 9.10. The van der Waals surface area contributed by atoms with Crippen LogP contribution in [0.4, 0.5) is 0 Å². The van der Waals surface area contributed by atoms with Crippen LogP contribution in [0.2, 0.25) is 0 Å². The van der Waals surface area contributed by atoms with Gasteiger partial charge in [-0.05, 0) is 43.5 Å². The van der Waals surface area contributed by atoms with Crippen LogP contribution in [0.15, 0.2) is 72.7 Å². The van der Waals surface area contributed by atoms with Crippen molar-refractivity contribution < 1.29 is 8.83 Å². The van der Waals surface area contributed by atoms with E-state index in [4.69, 9.17) is 8.83 Å². The third-order valence-electron chi connectivity index (χ3n) is 5.17. The first-order valence-electron chi connectivity index (χ1n) is 9.14. The van der Waals surface area contributed by atoms with Gasteiger partial charge < -0.3 is 8.83 Å². The second-order valence-corrected chi connectivity index (χ2v) is 7.83. The predicted octanol–water partition coefficient (Wildman–Crippen LogP) is 6.36. The molecule has 0 fully saturated rings. The van der Waals surface area contributed by atoms with Crippen LogP contribution in [-0.4, -0.2) is 0 Å². The van der Waals surface area contributed by atoms with Crippen LogP contribution in [-0.2, 0) is 12.8 Å². The van der Waals surface area contributed by atoms with Gasteiger partial charge in [0.2, 0.25) is 0 Å². The number of fused-ring (bicyclic) bond motifs is 2. The molecule has 0 unspecified atom stereocenters. The topological polar surface area (TPSA) is 43.4 Å². The van der Waals surface area contributed by atoms with E-state index in [1.165, 1.54) is 0 Å². The van der Waals surface area contributed by atoms with E-state index in [0.717, 1.165) is 63.8 Å².